The molecule has 2 aromatic carbocycles. The van der Waals surface area contributed by atoms with Gasteiger partial charge in [-0.25, -0.2) is 14.1 Å². The number of nitrogens with two attached hydrogens (primary N) is 1. The summed E-state index contributed by atoms with van der Waals surface area (Å²) in [6.45, 7) is 5.37. The molecule has 1 aromatic heterocycles. The molecule has 3 rings (SSSR count). The van der Waals surface area contributed by atoms with Crippen molar-refractivity contribution < 1.29 is 9.18 Å². The van der Waals surface area contributed by atoms with Crippen molar-refractivity contribution in [1.82, 2.24) is 19.7 Å². The summed E-state index contributed by atoms with van der Waals surface area (Å²) >= 11 is 0. The Morgan fingerprint density at radius 3 is 2.59 bits per heavy atom. The van der Waals surface area contributed by atoms with E-state index >= 15 is 0 Å². The third-order valence-corrected chi connectivity index (χ3v) is 4.53. The highest BCUT2D eigenvalue weighted by Crippen LogP contribution is 2.19. The largest absolute Gasteiger partial charge is 0.331 e. The number of benzene rings is 2. The standard InChI is InChI=1S/C22H26FN5O/c1-16(2)21-25-20(26-28(21)19-11-6-10-18(23)14-19)22(29)27(13-7-12-24)15-17-8-4-3-5-9-17/h3-6,8-11,14,16H,7,12-13,15,24H2,1-2H3. The van der Waals surface area contributed by atoms with Crippen LogP contribution < -0.4 is 5.73 Å². The van der Waals surface area contributed by atoms with E-state index in [1.54, 1.807) is 21.7 Å². The minimum Gasteiger partial charge on any atom is -0.331 e. The van der Waals surface area contributed by atoms with Crippen molar-refractivity contribution in [2.45, 2.75) is 32.7 Å². The summed E-state index contributed by atoms with van der Waals surface area (Å²) in [6, 6.07) is 15.9. The van der Waals surface area contributed by atoms with Crippen LogP contribution in [-0.2, 0) is 6.54 Å². The molecule has 0 atom stereocenters. The van der Waals surface area contributed by atoms with Gasteiger partial charge in [-0.15, -0.1) is 5.10 Å². The maximum atomic E-state index is 13.7. The lowest BCUT2D eigenvalue weighted by molar-refractivity contribution is 0.0730. The molecule has 0 aliphatic carbocycles. The first-order chi connectivity index (χ1) is 14.0. The predicted molar refractivity (Wildman–Crippen MR) is 110 cm³/mol. The van der Waals surface area contributed by atoms with Crippen LogP contribution in [0.25, 0.3) is 5.69 Å². The first kappa shape index (κ1) is 20.7. The smallest absolute Gasteiger partial charge is 0.293 e. The third kappa shape index (κ3) is 5.06. The number of nitrogens with zero attached hydrogens (tertiary/aromatic N) is 4. The molecule has 0 radical (unpaired) electrons. The Bertz CT molecular complexity index is 955. The van der Waals surface area contributed by atoms with E-state index in [0.29, 0.717) is 37.6 Å². The minimum atomic E-state index is -0.366. The van der Waals surface area contributed by atoms with E-state index in [4.69, 9.17) is 5.73 Å². The summed E-state index contributed by atoms with van der Waals surface area (Å²) in [5.74, 6) is 0.0934. The molecule has 0 unspecified atom stereocenters. The molecule has 0 bridgehead atoms. The predicted octanol–water partition coefficient (Wildman–Crippen LogP) is 3.52. The summed E-state index contributed by atoms with van der Waals surface area (Å²) in [4.78, 5) is 19.4. The van der Waals surface area contributed by atoms with E-state index < -0.39 is 0 Å². The quantitative estimate of drug-likeness (QED) is 0.633. The molecule has 0 aliphatic rings. The Balaban J connectivity index is 1.94. The van der Waals surface area contributed by atoms with Gasteiger partial charge in [0.25, 0.3) is 5.91 Å². The van der Waals surface area contributed by atoms with Gasteiger partial charge in [-0.3, -0.25) is 4.79 Å². The Labute approximate surface area is 170 Å². The van der Waals surface area contributed by atoms with Crippen molar-refractivity contribution in [1.29, 1.82) is 0 Å². The van der Waals surface area contributed by atoms with Crippen LogP contribution in [0.5, 0.6) is 0 Å². The fourth-order valence-electron chi connectivity index (χ4n) is 3.07. The third-order valence-electron chi connectivity index (χ3n) is 4.53. The summed E-state index contributed by atoms with van der Waals surface area (Å²) in [5, 5.41) is 4.43. The maximum Gasteiger partial charge on any atom is 0.293 e. The molecular formula is C22H26FN5O. The van der Waals surface area contributed by atoms with Crippen LogP contribution >= 0.6 is 0 Å². The highest BCUT2D eigenvalue weighted by Gasteiger charge is 2.24. The molecule has 1 heterocycles. The fourth-order valence-corrected chi connectivity index (χ4v) is 3.07. The average molecular weight is 395 g/mol. The summed E-state index contributed by atoms with van der Waals surface area (Å²) in [5.41, 5.74) is 7.22. The summed E-state index contributed by atoms with van der Waals surface area (Å²) in [7, 11) is 0. The number of amides is 1. The zero-order valence-corrected chi connectivity index (χ0v) is 16.8. The molecule has 2 N–H and O–H groups in total. The van der Waals surface area contributed by atoms with Crippen molar-refractivity contribution in [3.05, 3.63) is 77.6 Å². The van der Waals surface area contributed by atoms with Gasteiger partial charge >= 0.3 is 0 Å². The number of aromatic nitrogens is 3. The summed E-state index contributed by atoms with van der Waals surface area (Å²) in [6.07, 6.45) is 0.681. The van der Waals surface area contributed by atoms with E-state index in [9.17, 15) is 9.18 Å². The van der Waals surface area contributed by atoms with Crippen LogP contribution in [-0.4, -0.2) is 38.7 Å². The molecular weight excluding hydrogens is 369 g/mol. The van der Waals surface area contributed by atoms with Gasteiger partial charge in [-0.1, -0.05) is 50.2 Å². The van der Waals surface area contributed by atoms with Crippen LogP contribution in [0.1, 0.15) is 48.2 Å². The van der Waals surface area contributed by atoms with Gasteiger partial charge in [0.1, 0.15) is 11.6 Å². The Morgan fingerprint density at radius 1 is 1.17 bits per heavy atom. The number of hydrogen-bond donors (Lipinski definition) is 1. The van der Waals surface area contributed by atoms with Crippen molar-refractivity contribution in [2.24, 2.45) is 5.73 Å². The number of halogens is 1. The lowest BCUT2D eigenvalue weighted by atomic mass is 10.2. The second-order valence-electron chi connectivity index (χ2n) is 7.19. The number of rotatable bonds is 8. The molecule has 0 spiro atoms. The molecule has 0 saturated carbocycles. The Kier molecular flexibility index (Phi) is 6.72. The van der Waals surface area contributed by atoms with Gasteiger partial charge in [-0.2, -0.15) is 0 Å². The molecule has 0 saturated heterocycles. The van der Waals surface area contributed by atoms with Gasteiger partial charge in [0, 0.05) is 19.0 Å². The molecule has 0 aliphatic heterocycles. The van der Waals surface area contributed by atoms with Crippen molar-refractivity contribution in [3.63, 3.8) is 0 Å². The van der Waals surface area contributed by atoms with Crippen molar-refractivity contribution >= 4 is 5.91 Å². The van der Waals surface area contributed by atoms with Crippen LogP contribution in [0.3, 0.4) is 0 Å². The topological polar surface area (TPSA) is 77.0 Å². The number of carbonyl (C=O) groups excluding carboxylic acids is 1. The van der Waals surface area contributed by atoms with Gasteiger partial charge < -0.3 is 10.6 Å². The first-order valence-electron chi connectivity index (χ1n) is 9.75. The molecule has 0 fully saturated rings. The zero-order valence-electron chi connectivity index (χ0n) is 16.8. The lowest BCUT2D eigenvalue weighted by Gasteiger charge is -2.21. The van der Waals surface area contributed by atoms with E-state index in [1.807, 2.05) is 44.2 Å². The van der Waals surface area contributed by atoms with E-state index in [0.717, 1.165) is 5.56 Å². The molecule has 29 heavy (non-hydrogen) atoms. The van der Waals surface area contributed by atoms with Gasteiger partial charge in [0.15, 0.2) is 0 Å². The monoisotopic (exact) mass is 395 g/mol. The number of carbonyl (C=O) groups is 1. The SMILES string of the molecule is CC(C)c1nc(C(=O)N(CCCN)Cc2ccccc2)nn1-c1cccc(F)c1. The second kappa shape index (κ2) is 9.43. The molecule has 3 aromatic rings. The minimum absolute atomic E-state index is 0.0129. The van der Waals surface area contributed by atoms with Crippen LogP contribution in [0.2, 0.25) is 0 Å². The van der Waals surface area contributed by atoms with Gasteiger partial charge in [-0.05, 0) is 36.7 Å². The fraction of sp³-hybridized carbons (Fsp3) is 0.318. The Hall–Kier alpha value is -3.06. The van der Waals surface area contributed by atoms with E-state index in [1.165, 1.54) is 12.1 Å². The molecule has 1 amide bonds. The van der Waals surface area contributed by atoms with Crippen LogP contribution in [0, 0.1) is 5.82 Å². The van der Waals surface area contributed by atoms with Gasteiger partial charge in [0.05, 0.1) is 5.69 Å². The summed E-state index contributed by atoms with van der Waals surface area (Å²) < 4.78 is 15.3. The second-order valence-corrected chi connectivity index (χ2v) is 7.19. The first-order valence-corrected chi connectivity index (χ1v) is 9.75. The molecule has 152 valence electrons. The lowest BCUT2D eigenvalue weighted by Crippen LogP contribution is -2.33. The average Bonchev–Trinajstić information content (AvgIpc) is 3.17. The van der Waals surface area contributed by atoms with Gasteiger partial charge in [0.2, 0.25) is 5.82 Å². The van der Waals surface area contributed by atoms with E-state index in [2.05, 4.69) is 10.1 Å². The number of hydrogen-bond acceptors (Lipinski definition) is 4. The maximum absolute atomic E-state index is 13.7. The molecule has 6 nitrogen and oxygen atoms in total. The van der Waals surface area contributed by atoms with Crippen molar-refractivity contribution in [2.75, 3.05) is 13.1 Å². The highest BCUT2D eigenvalue weighted by molar-refractivity contribution is 5.90. The van der Waals surface area contributed by atoms with Crippen LogP contribution in [0.4, 0.5) is 4.39 Å². The van der Waals surface area contributed by atoms with Crippen molar-refractivity contribution in [3.8, 4) is 5.69 Å². The molecule has 7 heteroatoms. The Morgan fingerprint density at radius 2 is 1.93 bits per heavy atom. The van der Waals surface area contributed by atoms with E-state index in [-0.39, 0.29) is 23.5 Å². The normalized spacial score (nSPS) is 11.1. The zero-order chi connectivity index (χ0) is 20.8. The highest BCUT2D eigenvalue weighted by atomic mass is 19.1. The van der Waals surface area contributed by atoms with Crippen LogP contribution in [0.15, 0.2) is 54.6 Å².